The fourth-order valence-electron chi connectivity index (χ4n) is 2.50. The predicted molar refractivity (Wildman–Crippen MR) is 83.8 cm³/mol. The van der Waals surface area contributed by atoms with Gasteiger partial charge in [0.25, 0.3) is 0 Å². The molecule has 0 aromatic carbocycles. The van der Waals surface area contributed by atoms with Gasteiger partial charge in [-0.2, -0.15) is 4.98 Å². The molecular formula is C13H19N5O4S. The van der Waals surface area contributed by atoms with Crippen molar-refractivity contribution in [3.8, 4) is 0 Å². The Kier molecular flexibility index (Phi) is 4.69. The molecule has 0 radical (unpaired) electrons. The number of anilines is 1. The van der Waals surface area contributed by atoms with E-state index >= 15 is 0 Å². The Hall–Kier alpha value is -1.46. The Morgan fingerprint density at radius 1 is 1.35 bits per heavy atom. The van der Waals surface area contributed by atoms with Crippen molar-refractivity contribution in [2.24, 2.45) is 0 Å². The van der Waals surface area contributed by atoms with Crippen molar-refractivity contribution in [2.75, 3.05) is 18.1 Å². The molecule has 2 aromatic rings. The van der Waals surface area contributed by atoms with Crippen LogP contribution in [0.5, 0.6) is 0 Å². The van der Waals surface area contributed by atoms with Crippen LogP contribution in [0.4, 0.5) is 5.95 Å². The highest BCUT2D eigenvalue weighted by Crippen LogP contribution is 2.33. The summed E-state index contributed by atoms with van der Waals surface area (Å²) < 4.78 is 7.02. The second-order valence-electron chi connectivity index (χ2n) is 5.29. The van der Waals surface area contributed by atoms with E-state index in [9.17, 15) is 15.3 Å². The van der Waals surface area contributed by atoms with E-state index in [4.69, 9.17) is 10.5 Å². The molecule has 1 fully saturated rings. The number of fused-ring (bicyclic) bond motifs is 1. The molecule has 0 spiro atoms. The van der Waals surface area contributed by atoms with Crippen LogP contribution < -0.4 is 5.73 Å². The molecule has 0 aliphatic carbocycles. The molecule has 0 amide bonds. The number of aliphatic hydroxyl groups excluding tert-OH is 3. The topological polar surface area (TPSA) is 140 Å². The number of hydrogen-bond donors (Lipinski definition) is 4. The first-order chi connectivity index (χ1) is 11.1. The second kappa shape index (κ2) is 6.57. The maximum Gasteiger partial charge on any atom is 0.223 e. The number of imidazole rings is 1. The molecule has 0 saturated carbocycles. The van der Waals surface area contributed by atoms with E-state index in [2.05, 4.69) is 21.9 Å². The molecule has 0 bridgehead atoms. The highest BCUT2D eigenvalue weighted by Gasteiger charge is 2.44. The van der Waals surface area contributed by atoms with Crippen molar-refractivity contribution < 1.29 is 20.1 Å². The summed E-state index contributed by atoms with van der Waals surface area (Å²) in [7, 11) is 0. The van der Waals surface area contributed by atoms with Crippen molar-refractivity contribution >= 4 is 28.9 Å². The van der Waals surface area contributed by atoms with Crippen LogP contribution in [0.3, 0.4) is 0 Å². The first-order valence-electron chi connectivity index (χ1n) is 7.32. The third kappa shape index (κ3) is 2.88. The monoisotopic (exact) mass is 341 g/mol. The van der Waals surface area contributed by atoms with E-state index in [1.807, 2.05) is 0 Å². The molecule has 3 rings (SSSR count). The van der Waals surface area contributed by atoms with Crippen molar-refractivity contribution in [1.29, 1.82) is 0 Å². The third-order valence-electron chi connectivity index (χ3n) is 3.64. The number of thioether (sulfide) groups is 1. The number of nitrogens with two attached hydrogens (primary N) is 1. The highest BCUT2D eigenvalue weighted by molar-refractivity contribution is 7.99. The Labute approximate surface area is 136 Å². The van der Waals surface area contributed by atoms with Gasteiger partial charge in [-0.3, -0.25) is 4.57 Å². The van der Waals surface area contributed by atoms with Crippen LogP contribution in [0.25, 0.3) is 11.2 Å². The largest absolute Gasteiger partial charge is 0.394 e. The number of hydrogen-bond acceptors (Lipinski definition) is 9. The summed E-state index contributed by atoms with van der Waals surface area (Å²) in [6.45, 7) is 1.67. The van der Waals surface area contributed by atoms with Crippen molar-refractivity contribution in [3.05, 3.63) is 6.33 Å². The van der Waals surface area contributed by atoms with Gasteiger partial charge in [-0.25, -0.2) is 9.97 Å². The van der Waals surface area contributed by atoms with Crippen LogP contribution in [-0.2, 0) is 4.74 Å². The van der Waals surface area contributed by atoms with E-state index in [1.165, 1.54) is 22.7 Å². The molecule has 4 atom stereocenters. The summed E-state index contributed by atoms with van der Waals surface area (Å²) in [6.07, 6.45) is -1.70. The number of ether oxygens (including phenoxy) is 1. The van der Waals surface area contributed by atoms with Gasteiger partial charge in [0.05, 0.1) is 12.9 Å². The summed E-state index contributed by atoms with van der Waals surface area (Å²) in [5.41, 5.74) is 6.76. The van der Waals surface area contributed by atoms with E-state index < -0.39 is 31.1 Å². The highest BCUT2D eigenvalue weighted by atomic mass is 32.2. The maximum atomic E-state index is 10.2. The molecule has 2 aromatic heterocycles. The van der Waals surface area contributed by atoms with Crippen molar-refractivity contribution in [2.45, 2.75) is 42.9 Å². The van der Waals surface area contributed by atoms with Crippen molar-refractivity contribution in [1.82, 2.24) is 19.5 Å². The molecule has 1 aliphatic heterocycles. The number of nitrogens with zero attached hydrogens (tertiary/aromatic N) is 4. The predicted octanol–water partition coefficient (Wildman–Crippen LogP) is -0.478. The minimum atomic E-state index is -1.20. The zero-order valence-corrected chi connectivity index (χ0v) is 13.3. The van der Waals surface area contributed by atoms with E-state index in [-0.39, 0.29) is 5.95 Å². The quantitative estimate of drug-likeness (QED) is 0.419. The van der Waals surface area contributed by atoms with Gasteiger partial charge < -0.3 is 25.8 Å². The molecule has 126 valence electrons. The fraction of sp³-hybridized carbons (Fsp3) is 0.615. The van der Waals surface area contributed by atoms with Crippen molar-refractivity contribution in [3.63, 3.8) is 0 Å². The lowest BCUT2D eigenvalue weighted by atomic mass is 10.1. The third-order valence-corrected chi connectivity index (χ3v) is 4.81. The smallest absolute Gasteiger partial charge is 0.223 e. The molecule has 23 heavy (non-hydrogen) atoms. The lowest BCUT2D eigenvalue weighted by molar-refractivity contribution is -0.0511. The Balaban J connectivity index is 2.01. The van der Waals surface area contributed by atoms with Gasteiger partial charge in [0, 0.05) is 0 Å². The first kappa shape index (κ1) is 16.4. The zero-order valence-electron chi connectivity index (χ0n) is 12.5. The number of nitrogen functional groups attached to an aromatic ring is 1. The summed E-state index contributed by atoms with van der Waals surface area (Å²) in [6, 6.07) is 0. The molecular weight excluding hydrogens is 322 g/mol. The summed E-state index contributed by atoms with van der Waals surface area (Å²) in [5, 5.41) is 29.9. The van der Waals surface area contributed by atoms with Gasteiger partial charge >= 0.3 is 0 Å². The summed E-state index contributed by atoms with van der Waals surface area (Å²) in [4.78, 5) is 12.7. The Bertz CT molecular complexity index is 696. The minimum Gasteiger partial charge on any atom is -0.394 e. The zero-order chi connectivity index (χ0) is 16.6. The summed E-state index contributed by atoms with van der Waals surface area (Å²) >= 11 is 1.53. The van der Waals surface area contributed by atoms with Gasteiger partial charge in [-0.1, -0.05) is 6.92 Å². The lowest BCUT2D eigenvalue weighted by Crippen LogP contribution is -2.33. The SMILES string of the molecule is CCCSc1nc(N)nc2c1ncn2[C@H]1O[C@@H](CO)[C@@H](O)[C@H]1O. The average Bonchev–Trinajstić information content (AvgIpc) is 3.07. The van der Waals surface area contributed by atoms with Crippen LogP contribution >= 0.6 is 11.8 Å². The average molecular weight is 341 g/mol. The second-order valence-corrected chi connectivity index (χ2v) is 6.37. The van der Waals surface area contributed by atoms with Crippen LogP contribution in [-0.4, -0.2) is 65.5 Å². The molecule has 1 aliphatic rings. The van der Waals surface area contributed by atoms with Crippen LogP contribution in [0.1, 0.15) is 19.6 Å². The van der Waals surface area contributed by atoms with Gasteiger partial charge in [0.15, 0.2) is 11.9 Å². The van der Waals surface area contributed by atoms with Crippen LogP contribution in [0.2, 0.25) is 0 Å². The molecule has 9 nitrogen and oxygen atoms in total. The molecule has 1 saturated heterocycles. The number of aliphatic hydroxyl groups is 3. The maximum absolute atomic E-state index is 10.2. The van der Waals surface area contributed by atoms with E-state index in [0.29, 0.717) is 16.2 Å². The van der Waals surface area contributed by atoms with Gasteiger partial charge in [0.1, 0.15) is 28.9 Å². The lowest BCUT2D eigenvalue weighted by Gasteiger charge is -2.16. The normalized spacial score (nSPS) is 27.8. The van der Waals surface area contributed by atoms with Crippen LogP contribution in [0.15, 0.2) is 11.4 Å². The number of aromatic nitrogens is 4. The van der Waals surface area contributed by atoms with E-state index in [0.717, 1.165) is 12.2 Å². The van der Waals surface area contributed by atoms with Gasteiger partial charge in [-0.15, -0.1) is 11.8 Å². The Morgan fingerprint density at radius 3 is 2.78 bits per heavy atom. The Morgan fingerprint density at radius 2 is 2.13 bits per heavy atom. The van der Waals surface area contributed by atoms with Gasteiger partial charge in [0.2, 0.25) is 5.95 Å². The molecule has 3 heterocycles. The standard InChI is InChI=1S/C13H19N5O4S/c1-2-3-23-11-7-10(16-13(14)17-11)18(5-15-7)12-9(21)8(20)6(4-19)22-12/h5-6,8-9,12,19-21H,2-4H2,1H3,(H2,14,16,17)/t6-,8+,9+,12-/m0/s1. The molecule has 0 unspecified atom stereocenters. The van der Waals surface area contributed by atoms with E-state index in [1.54, 1.807) is 0 Å². The van der Waals surface area contributed by atoms with Crippen LogP contribution in [0, 0.1) is 0 Å². The molecule has 5 N–H and O–H groups in total. The molecule has 10 heteroatoms. The summed E-state index contributed by atoms with van der Waals surface area (Å²) in [5.74, 6) is 0.969. The minimum absolute atomic E-state index is 0.101. The fourth-order valence-corrected chi connectivity index (χ4v) is 3.34. The first-order valence-corrected chi connectivity index (χ1v) is 8.30. The van der Waals surface area contributed by atoms with Gasteiger partial charge in [-0.05, 0) is 12.2 Å². The number of rotatable bonds is 5.